The number of methoxy groups -OCH3 is 1. The Labute approximate surface area is 120 Å². The van der Waals surface area contributed by atoms with E-state index < -0.39 is 0 Å². The molecule has 3 rings (SSSR count). The molecule has 1 aliphatic heterocycles. The predicted octanol–water partition coefficient (Wildman–Crippen LogP) is 2.20. The molecule has 2 aliphatic rings. The summed E-state index contributed by atoms with van der Waals surface area (Å²) in [5, 5.41) is 0. The van der Waals surface area contributed by atoms with Gasteiger partial charge in [-0.2, -0.15) is 0 Å². The molecule has 1 aliphatic carbocycles. The lowest BCUT2D eigenvalue weighted by Crippen LogP contribution is -2.47. The largest absolute Gasteiger partial charge is 0.493 e. The van der Waals surface area contributed by atoms with Crippen molar-refractivity contribution in [2.24, 2.45) is 11.8 Å². The molecule has 1 saturated carbocycles. The van der Waals surface area contributed by atoms with Gasteiger partial charge < -0.3 is 9.47 Å². The Bertz CT molecular complexity index is 448. The topological polar surface area (TPSA) is 56.5 Å². The summed E-state index contributed by atoms with van der Waals surface area (Å²) in [4.78, 5) is 0. The lowest BCUT2D eigenvalue weighted by Gasteiger charge is -2.32. The van der Waals surface area contributed by atoms with Crippen LogP contribution in [0.4, 0.5) is 0 Å². The molecule has 20 heavy (non-hydrogen) atoms. The summed E-state index contributed by atoms with van der Waals surface area (Å²) < 4.78 is 11.4. The van der Waals surface area contributed by atoms with Gasteiger partial charge in [-0.3, -0.25) is 11.3 Å². The van der Waals surface area contributed by atoms with Gasteiger partial charge in [-0.25, -0.2) is 0 Å². The second kappa shape index (κ2) is 6.12. The number of para-hydroxylation sites is 1. The number of hydrazine groups is 1. The number of ether oxygens (including phenoxy) is 2. The van der Waals surface area contributed by atoms with E-state index in [0.717, 1.165) is 25.2 Å². The van der Waals surface area contributed by atoms with E-state index in [-0.39, 0.29) is 12.1 Å². The SMILES string of the molecule is COC(C1CC1)C(CC1CCOc2ccccc21)NN. The van der Waals surface area contributed by atoms with Crippen molar-refractivity contribution in [2.45, 2.75) is 43.7 Å². The number of nitrogens with one attached hydrogen (secondary N) is 1. The summed E-state index contributed by atoms with van der Waals surface area (Å²) in [6.07, 6.45) is 4.82. The fourth-order valence-electron chi connectivity index (χ4n) is 3.37. The van der Waals surface area contributed by atoms with Gasteiger partial charge in [0.25, 0.3) is 0 Å². The summed E-state index contributed by atoms with van der Waals surface area (Å²) in [6, 6.07) is 8.55. The Kier molecular flexibility index (Phi) is 4.24. The minimum atomic E-state index is 0.212. The third-order valence-electron chi connectivity index (χ3n) is 4.59. The van der Waals surface area contributed by atoms with Gasteiger partial charge in [0.05, 0.1) is 12.7 Å². The van der Waals surface area contributed by atoms with Gasteiger partial charge in [-0.05, 0) is 49.1 Å². The fraction of sp³-hybridized carbons (Fsp3) is 0.625. The minimum absolute atomic E-state index is 0.212. The molecular weight excluding hydrogens is 252 g/mol. The molecule has 1 fully saturated rings. The molecule has 1 aromatic carbocycles. The van der Waals surface area contributed by atoms with E-state index in [2.05, 4.69) is 23.6 Å². The first-order valence-electron chi connectivity index (χ1n) is 7.54. The zero-order valence-corrected chi connectivity index (χ0v) is 12.0. The smallest absolute Gasteiger partial charge is 0.122 e. The van der Waals surface area contributed by atoms with Gasteiger partial charge in [0.2, 0.25) is 0 Å². The maximum atomic E-state index is 5.79. The van der Waals surface area contributed by atoms with Gasteiger partial charge in [0, 0.05) is 13.2 Å². The highest BCUT2D eigenvalue weighted by molar-refractivity contribution is 5.37. The predicted molar refractivity (Wildman–Crippen MR) is 78.5 cm³/mol. The van der Waals surface area contributed by atoms with Crippen LogP contribution in [0.25, 0.3) is 0 Å². The molecular formula is C16H24N2O2. The zero-order valence-electron chi connectivity index (χ0n) is 12.0. The van der Waals surface area contributed by atoms with E-state index in [9.17, 15) is 0 Å². The highest BCUT2D eigenvalue weighted by Gasteiger charge is 2.38. The first-order valence-corrected chi connectivity index (χ1v) is 7.54. The molecule has 0 radical (unpaired) electrons. The highest BCUT2D eigenvalue weighted by Crippen LogP contribution is 2.40. The van der Waals surface area contributed by atoms with E-state index in [1.165, 1.54) is 18.4 Å². The van der Waals surface area contributed by atoms with Crippen molar-refractivity contribution in [1.82, 2.24) is 5.43 Å². The number of hydrogen-bond acceptors (Lipinski definition) is 4. The van der Waals surface area contributed by atoms with Gasteiger partial charge >= 0.3 is 0 Å². The van der Waals surface area contributed by atoms with Gasteiger partial charge in [0.1, 0.15) is 5.75 Å². The van der Waals surface area contributed by atoms with Crippen molar-refractivity contribution in [3.63, 3.8) is 0 Å². The maximum absolute atomic E-state index is 5.79. The molecule has 3 atom stereocenters. The standard InChI is InChI=1S/C16H24N2O2/c1-19-16(11-6-7-11)14(18-17)10-12-8-9-20-15-5-3-2-4-13(12)15/h2-5,11-12,14,16,18H,6-10,17H2,1H3. The van der Waals surface area contributed by atoms with Crippen LogP contribution in [-0.4, -0.2) is 25.9 Å². The van der Waals surface area contributed by atoms with Crippen LogP contribution in [0.1, 0.15) is 37.2 Å². The number of nitrogens with two attached hydrogens (primary N) is 1. The lowest BCUT2D eigenvalue weighted by molar-refractivity contribution is 0.0445. The zero-order chi connectivity index (χ0) is 13.9. The summed E-state index contributed by atoms with van der Waals surface area (Å²) in [7, 11) is 1.80. The molecule has 0 amide bonds. The fourth-order valence-corrected chi connectivity index (χ4v) is 3.37. The average Bonchev–Trinajstić information content (AvgIpc) is 3.32. The number of benzene rings is 1. The molecule has 3 N–H and O–H groups in total. The molecule has 110 valence electrons. The van der Waals surface area contributed by atoms with Crippen LogP contribution in [0.3, 0.4) is 0 Å². The maximum Gasteiger partial charge on any atom is 0.122 e. The molecule has 0 saturated heterocycles. The van der Waals surface area contributed by atoms with Crippen LogP contribution >= 0.6 is 0 Å². The van der Waals surface area contributed by atoms with Crippen molar-refractivity contribution >= 4 is 0 Å². The van der Waals surface area contributed by atoms with Crippen molar-refractivity contribution in [1.29, 1.82) is 0 Å². The average molecular weight is 276 g/mol. The van der Waals surface area contributed by atoms with E-state index in [4.69, 9.17) is 15.3 Å². The molecule has 0 bridgehead atoms. The molecule has 4 nitrogen and oxygen atoms in total. The van der Waals surface area contributed by atoms with Crippen molar-refractivity contribution in [2.75, 3.05) is 13.7 Å². The van der Waals surface area contributed by atoms with Crippen LogP contribution < -0.4 is 16.0 Å². The number of fused-ring (bicyclic) bond motifs is 1. The minimum Gasteiger partial charge on any atom is -0.493 e. The second-order valence-electron chi connectivity index (χ2n) is 5.92. The first kappa shape index (κ1) is 13.9. The van der Waals surface area contributed by atoms with Crippen molar-refractivity contribution in [3.05, 3.63) is 29.8 Å². The third-order valence-corrected chi connectivity index (χ3v) is 4.59. The molecule has 3 unspecified atom stereocenters. The van der Waals surface area contributed by atoms with Crippen LogP contribution in [-0.2, 0) is 4.74 Å². The third kappa shape index (κ3) is 2.82. The molecule has 0 spiro atoms. The summed E-state index contributed by atoms with van der Waals surface area (Å²) in [5.41, 5.74) is 4.30. The summed E-state index contributed by atoms with van der Waals surface area (Å²) in [6.45, 7) is 0.792. The molecule has 0 aromatic heterocycles. The van der Waals surface area contributed by atoms with Crippen molar-refractivity contribution < 1.29 is 9.47 Å². The molecule has 4 heteroatoms. The van der Waals surface area contributed by atoms with E-state index in [1.54, 1.807) is 7.11 Å². The summed E-state index contributed by atoms with van der Waals surface area (Å²) in [5.74, 6) is 7.99. The Morgan fingerprint density at radius 1 is 1.35 bits per heavy atom. The Hall–Kier alpha value is -1.10. The van der Waals surface area contributed by atoms with Crippen LogP contribution in [0.15, 0.2) is 24.3 Å². The lowest BCUT2D eigenvalue weighted by atomic mass is 9.85. The van der Waals surface area contributed by atoms with Crippen LogP contribution in [0, 0.1) is 5.92 Å². The van der Waals surface area contributed by atoms with E-state index >= 15 is 0 Å². The monoisotopic (exact) mass is 276 g/mol. The quantitative estimate of drug-likeness (QED) is 0.618. The highest BCUT2D eigenvalue weighted by atomic mass is 16.5. The number of rotatable bonds is 6. The van der Waals surface area contributed by atoms with E-state index in [1.807, 2.05) is 6.07 Å². The van der Waals surface area contributed by atoms with E-state index in [0.29, 0.717) is 11.8 Å². The Morgan fingerprint density at radius 3 is 2.85 bits per heavy atom. The Morgan fingerprint density at radius 2 is 2.15 bits per heavy atom. The normalized spacial score (nSPS) is 24.6. The first-order chi connectivity index (χ1) is 9.83. The number of hydrogen-bond donors (Lipinski definition) is 2. The van der Waals surface area contributed by atoms with Crippen LogP contribution in [0.2, 0.25) is 0 Å². The molecule has 1 aromatic rings. The van der Waals surface area contributed by atoms with Gasteiger partial charge in [-0.1, -0.05) is 18.2 Å². The van der Waals surface area contributed by atoms with Crippen LogP contribution in [0.5, 0.6) is 5.75 Å². The second-order valence-corrected chi connectivity index (χ2v) is 5.92. The van der Waals surface area contributed by atoms with Gasteiger partial charge in [-0.15, -0.1) is 0 Å². The summed E-state index contributed by atoms with van der Waals surface area (Å²) >= 11 is 0. The van der Waals surface area contributed by atoms with Crippen molar-refractivity contribution in [3.8, 4) is 5.75 Å². The Balaban J connectivity index is 1.73. The molecule has 1 heterocycles. The van der Waals surface area contributed by atoms with Gasteiger partial charge in [0.15, 0.2) is 0 Å².